The van der Waals surface area contributed by atoms with Gasteiger partial charge in [0.2, 0.25) is 5.91 Å². The topological polar surface area (TPSA) is 108 Å². The van der Waals surface area contributed by atoms with Crippen molar-refractivity contribution >= 4 is 27.3 Å². The summed E-state index contributed by atoms with van der Waals surface area (Å²) < 4.78 is 66.2. The van der Waals surface area contributed by atoms with Crippen LogP contribution in [0, 0.1) is 5.92 Å². The molecule has 2 fully saturated rings. The van der Waals surface area contributed by atoms with Crippen LogP contribution < -0.4 is 10.6 Å². The predicted molar refractivity (Wildman–Crippen MR) is 150 cm³/mol. The zero-order valence-corrected chi connectivity index (χ0v) is 23.4. The summed E-state index contributed by atoms with van der Waals surface area (Å²) in [4.78, 5) is 32.2. The molecule has 3 aromatic rings. The Hall–Kier alpha value is -3.93. The maximum atomic E-state index is 13.5. The summed E-state index contributed by atoms with van der Waals surface area (Å²) in [6.45, 7) is 0.307. The molecule has 1 saturated carbocycles. The number of hydrogen-bond acceptors (Lipinski definition) is 6. The molecule has 1 aromatic heterocycles. The van der Waals surface area contributed by atoms with Crippen molar-refractivity contribution in [3.63, 3.8) is 0 Å². The lowest BCUT2D eigenvalue weighted by Gasteiger charge is -2.41. The number of nitrogens with zero attached hydrogens (tertiary/aromatic N) is 2. The molecule has 0 bridgehead atoms. The smallest absolute Gasteiger partial charge is 0.382 e. The highest BCUT2D eigenvalue weighted by Gasteiger charge is 2.43. The van der Waals surface area contributed by atoms with Gasteiger partial charge in [-0.3, -0.25) is 14.6 Å². The van der Waals surface area contributed by atoms with Gasteiger partial charge < -0.3 is 15.5 Å². The first-order valence-corrected chi connectivity index (χ1v) is 15.4. The Balaban J connectivity index is 1.32. The molecule has 2 aromatic carbocycles. The van der Waals surface area contributed by atoms with Gasteiger partial charge in [-0.05, 0) is 74.1 Å². The Morgan fingerprint density at radius 2 is 1.71 bits per heavy atom. The molecule has 2 aliphatic rings. The number of anilines is 1. The molecule has 5 rings (SSSR count). The van der Waals surface area contributed by atoms with E-state index in [-0.39, 0.29) is 46.5 Å². The highest BCUT2D eigenvalue weighted by Crippen LogP contribution is 2.35. The molecule has 4 atom stereocenters. The van der Waals surface area contributed by atoms with E-state index in [0.29, 0.717) is 25.8 Å². The van der Waals surface area contributed by atoms with E-state index in [1.807, 2.05) is 12.1 Å². The lowest BCUT2D eigenvalue weighted by molar-refractivity contribution is -0.137. The van der Waals surface area contributed by atoms with Crippen molar-refractivity contribution in [3.05, 3.63) is 90.3 Å². The second kappa shape index (κ2) is 12.1. The fourth-order valence-corrected chi connectivity index (χ4v) is 7.59. The minimum atomic E-state index is -4.60. The van der Waals surface area contributed by atoms with Gasteiger partial charge in [-0.2, -0.15) is 13.2 Å². The quantitative estimate of drug-likeness (QED) is 0.393. The molecule has 4 unspecified atom stereocenters. The number of alkyl halides is 3. The largest absolute Gasteiger partial charge is 0.416 e. The second-order valence-electron chi connectivity index (χ2n) is 10.7. The number of nitrogens with one attached hydrogen (secondary N) is 2. The molecular weight excluding hydrogens is 569 g/mol. The summed E-state index contributed by atoms with van der Waals surface area (Å²) >= 11 is 0. The van der Waals surface area contributed by atoms with Crippen LogP contribution in [0.25, 0.3) is 0 Å². The standard InChI is InChI=1S/C30H31F3N4O4S/c31-30(32,33)22-6-4-5-20(17-22)28(38)36-26-13-16-37(29(26)39)27-10-9-24(35-23-11-14-34-15-12-23)18-21(27)19-42(40,41)25-7-2-1-3-8-25/h1-8,11-12,14-15,17,21,24,26-27H,9-10,13,16,18-19H2,(H,34,35)(H,36,38). The summed E-state index contributed by atoms with van der Waals surface area (Å²) in [5.74, 6) is -1.66. The number of pyridine rings is 1. The fraction of sp³-hybridized carbons (Fsp3) is 0.367. The first-order chi connectivity index (χ1) is 20.0. The molecule has 12 heteroatoms. The molecule has 8 nitrogen and oxygen atoms in total. The van der Waals surface area contributed by atoms with Gasteiger partial charge in [0.1, 0.15) is 6.04 Å². The number of benzene rings is 2. The molecule has 222 valence electrons. The van der Waals surface area contributed by atoms with E-state index in [0.717, 1.165) is 23.9 Å². The van der Waals surface area contributed by atoms with Crippen LogP contribution in [-0.4, -0.2) is 60.5 Å². The van der Waals surface area contributed by atoms with Gasteiger partial charge in [-0.15, -0.1) is 0 Å². The van der Waals surface area contributed by atoms with Crippen LogP contribution >= 0.6 is 0 Å². The number of amides is 2. The van der Waals surface area contributed by atoms with E-state index >= 15 is 0 Å². The maximum absolute atomic E-state index is 13.5. The van der Waals surface area contributed by atoms with Gasteiger partial charge in [0.25, 0.3) is 5.91 Å². The van der Waals surface area contributed by atoms with Gasteiger partial charge in [-0.1, -0.05) is 24.3 Å². The van der Waals surface area contributed by atoms with Gasteiger partial charge in [0.05, 0.1) is 16.2 Å². The number of rotatable bonds is 8. The van der Waals surface area contributed by atoms with E-state index in [9.17, 15) is 31.2 Å². The third-order valence-electron chi connectivity index (χ3n) is 7.93. The SMILES string of the molecule is O=C(NC1CCN(C2CCC(Nc3ccncc3)CC2CS(=O)(=O)c2ccccc2)C1=O)c1cccc(C(F)(F)F)c1. The summed E-state index contributed by atoms with van der Waals surface area (Å²) in [6, 6.07) is 14.6. The summed E-state index contributed by atoms with van der Waals surface area (Å²) in [5.41, 5.74) is -0.271. The molecular formula is C30H31F3N4O4S. The number of hydrogen-bond donors (Lipinski definition) is 2. The Morgan fingerprint density at radius 1 is 0.976 bits per heavy atom. The number of likely N-dealkylation sites (tertiary alicyclic amines) is 1. The molecule has 1 aliphatic heterocycles. The zero-order chi connectivity index (χ0) is 29.9. The molecule has 0 spiro atoms. The van der Waals surface area contributed by atoms with Crippen LogP contribution in [0.4, 0.5) is 18.9 Å². The molecule has 2 amide bonds. The van der Waals surface area contributed by atoms with Crippen LogP contribution in [0.2, 0.25) is 0 Å². The van der Waals surface area contributed by atoms with Crippen molar-refractivity contribution in [2.45, 2.75) is 54.9 Å². The number of carbonyl (C=O) groups is 2. The molecule has 0 radical (unpaired) electrons. The van der Waals surface area contributed by atoms with E-state index in [1.165, 1.54) is 6.07 Å². The van der Waals surface area contributed by atoms with Crippen molar-refractivity contribution in [3.8, 4) is 0 Å². The van der Waals surface area contributed by atoms with Crippen molar-refractivity contribution in [2.75, 3.05) is 17.6 Å². The number of aromatic nitrogens is 1. The van der Waals surface area contributed by atoms with Crippen molar-refractivity contribution in [1.82, 2.24) is 15.2 Å². The monoisotopic (exact) mass is 600 g/mol. The minimum Gasteiger partial charge on any atom is -0.382 e. The first kappa shape index (κ1) is 29.6. The molecule has 1 saturated heterocycles. The number of halogens is 3. The highest BCUT2D eigenvalue weighted by atomic mass is 32.2. The third kappa shape index (κ3) is 6.75. The van der Waals surface area contributed by atoms with Gasteiger partial charge in [0.15, 0.2) is 9.84 Å². The normalized spacial score (nSPS) is 23.0. The van der Waals surface area contributed by atoms with E-state index in [4.69, 9.17) is 0 Å². The van der Waals surface area contributed by atoms with Crippen LogP contribution in [0.1, 0.15) is 41.6 Å². The van der Waals surface area contributed by atoms with Crippen LogP contribution in [0.3, 0.4) is 0 Å². The Bertz CT molecular complexity index is 1520. The average Bonchev–Trinajstić information content (AvgIpc) is 3.33. The van der Waals surface area contributed by atoms with E-state index in [2.05, 4.69) is 15.6 Å². The molecule has 1 aliphatic carbocycles. The van der Waals surface area contributed by atoms with Crippen molar-refractivity contribution in [2.24, 2.45) is 5.92 Å². The van der Waals surface area contributed by atoms with Crippen molar-refractivity contribution < 1.29 is 31.2 Å². The summed E-state index contributed by atoms with van der Waals surface area (Å²) in [6.07, 6.45) is 0.763. The Labute approximate surface area is 242 Å². The molecule has 42 heavy (non-hydrogen) atoms. The van der Waals surface area contributed by atoms with Crippen LogP contribution in [0.5, 0.6) is 0 Å². The van der Waals surface area contributed by atoms with Crippen molar-refractivity contribution in [1.29, 1.82) is 0 Å². The van der Waals surface area contributed by atoms with Gasteiger partial charge >= 0.3 is 6.18 Å². The summed E-state index contributed by atoms with van der Waals surface area (Å²) in [5, 5.41) is 6.04. The van der Waals surface area contributed by atoms with Crippen LogP contribution in [0.15, 0.2) is 84.0 Å². The van der Waals surface area contributed by atoms with Crippen LogP contribution in [-0.2, 0) is 20.8 Å². The fourth-order valence-electron chi connectivity index (χ4n) is 5.90. The Morgan fingerprint density at radius 3 is 2.43 bits per heavy atom. The summed E-state index contributed by atoms with van der Waals surface area (Å²) in [7, 11) is -3.66. The lowest BCUT2D eigenvalue weighted by atomic mass is 9.81. The molecule has 2 N–H and O–H groups in total. The predicted octanol–water partition coefficient (Wildman–Crippen LogP) is 4.55. The Kier molecular flexibility index (Phi) is 8.53. The number of sulfone groups is 1. The zero-order valence-electron chi connectivity index (χ0n) is 22.6. The average molecular weight is 601 g/mol. The first-order valence-electron chi connectivity index (χ1n) is 13.7. The number of carbonyl (C=O) groups excluding carboxylic acids is 2. The lowest BCUT2D eigenvalue weighted by Crippen LogP contribution is -2.51. The minimum absolute atomic E-state index is 0.0197. The maximum Gasteiger partial charge on any atom is 0.416 e. The highest BCUT2D eigenvalue weighted by molar-refractivity contribution is 7.91. The third-order valence-corrected chi connectivity index (χ3v) is 9.78. The molecule has 2 heterocycles. The second-order valence-corrected chi connectivity index (χ2v) is 12.8. The van der Waals surface area contributed by atoms with E-state index in [1.54, 1.807) is 47.6 Å². The van der Waals surface area contributed by atoms with Gasteiger partial charge in [0, 0.05) is 42.3 Å². The van der Waals surface area contributed by atoms with E-state index < -0.39 is 33.5 Å². The van der Waals surface area contributed by atoms with Gasteiger partial charge in [-0.25, -0.2) is 8.42 Å².